The molecule has 0 amide bonds. The monoisotopic (exact) mass is 591 g/mol. The Morgan fingerprint density at radius 1 is 0.744 bits per heavy atom. The highest BCUT2D eigenvalue weighted by Gasteiger charge is 2.41. The van der Waals surface area contributed by atoms with E-state index in [1.54, 1.807) is 26.4 Å². The van der Waals surface area contributed by atoms with Gasteiger partial charge >= 0.3 is 23.9 Å². The average Bonchev–Trinajstić information content (AvgIpc) is 3.52. The van der Waals surface area contributed by atoms with Gasteiger partial charge in [0.15, 0.2) is 11.5 Å². The molecule has 3 aromatic carbocycles. The fourth-order valence-corrected chi connectivity index (χ4v) is 5.17. The molecule has 2 N–H and O–H groups in total. The highest BCUT2D eigenvalue weighted by molar-refractivity contribution is 5.95. The fourth-order valence-electron chi connectivity index (χ4n) is 5.17. The summed E-state index contributed by atoms with van der Waals surface area (Å²) in [4.78, 5) is 49.4. The molecule has 0 bridgehead atoms. The van der Waals surface area contributed by atoms with Crippen molar-refractivity contribution in [3.05, 3.63) is 95.1 Å². The quantitative estimate of drug-likeness (QED) is 0.348. The van der Waals surface area contributed by atoms with Gasteiger partial charge in [-0.05, 0) is 73.3 Å². The van der Waals surface area contributed by atoms with E-state index >= 15 is 0 Å². The molecule has 3 aromatic rings. The fraction of sp³-hybridized carbons (Fsp3) is 0.312. The maximum absolute atomic E-state index is 12.0. The highest BCUT2D eigenvalue weighted by atomic mass is 16.6. The molecule has 0 unspecified atom stereocenters. The van der Waals surface area contributed by atoms with Crippen molar-refractivity contribution in [1.82, 2.24) is 4.90 Å². The minimum absolute atomic E-state index is 0.0253. The van der Waals surface area contributed by atoms with Crippen LogP contribution in [0.25, 0.3) is 0 Å². The number of carboxylic acids is 2. The summed E-state index contributed by atoms with van der Waals surface area (Å²) in [5.74, 6) is -3.91. The Morgan fingerprint density at radius 2 is 1.23 bits per heavy atom. The van der Waals surface area contributed by atoms with Crippen LogP contribution in [0.5, 0.6) is 11.5 Å². The number of hydrogen-bond donors (Lipinski definition) is 2. The van der Waals surface area contributed by atoms with Crippen LogP contribution in [-0.2, 0) is 25.5 Å². The van der Waals surface area contributed by atoms with Crippen LogP contribution in [0.2, 0.25) is 0 Å². The van der Waals surface area contributed by atoms with Crippen LogP contribution < -0.4 is 9.47 Å². The summed E-state index contributed by atoms with van der Waals surface area (Å²) in [6, 6.07) is 19.8. The maximum atomic E-state index is 12.0. The van der Waals surface area contributed by atoms with Gasteiger partial charge in [0.25, 0.3) is 0 Å². The minimum atomic E-state index is -2.21. The summed E-state index contributed by atoms with van der Waals surface area (Å²) in [6.07, 6.45) is -0.701. The summed E-state index contributed by atoms with van der Waals surface area (Å²) < 4.78 is 20.3. The second-order valence-corrected chi connectivity index (χ2v) is 9.91. The molecule has 1 fully saturated rings. The summed E-state index contributed by atoms with van der Waals surface area (Å²) in [6.45, 7) is 2.44. The van der Waals surface area contributed by atoms with Crippen molar-refractivity contribution in [2.75, 3.05) is 27.3 Å². The van der Waals surface area contributed by atoms with Gasteiger partial charge in [0, 0.05) is 12.6 Å². The Balaban J connectivity index is 0.000000213. The number of aliphatic carboxylic acids is 2. The van der Waals surface area contributed by atoms with Gasteiger partial charge in [0.1, 0.15) is 0 Å². The molecule has 3 atom stereocenters. The molecule has 43 heavy (non-hydrogen) atoms. The number of carbonyl (C=O) groups excluding carboxylic acids is 2. The third-order valence-corrected chi connectivity index (χ3v) is 7.29. The zero-order valence-electron chi connectivity index (χ0n) is 23.8. The van der Waals surface area contributed by atoms with Crippen LogP contribution in [0.4, 0.5) is 0 Å². The molecular formula is C32H33NO10. The van der Waals surface area contributed by atoms with E-state index in [4.69, 9.17) is 18.9 Å². The maximum Gasteiger partial charge on any atom is 0.349 e. The zero-order chi connectivity index (χ0) is 30.9. The third kappa shape index (κ3) is 7.49. The summed E-state index contributed by atoms with van der Waals surface area (Å²) in [5, 5.41) is 18.5. The highest BCUT2D eigenvalue weighted by Crippen LogP contribution is 2.42. The van der Waals surface area contributed by atoms with Crippen molar-refractivity contribution in [1.29, 1.82) is 0 Å². The standard InChI is InChI=1S/C18H14O8.C14H19NO2/c19-15(20)13(25-17(23)11-7-3-1-4-8-11)14(16(21)22)26-18(24)12-9-5-2-6-10-12;1-16-13-8-10-5-7-15-6-3-4-12(15)11(10)9-14(13)17-2/h1-10,13-14H,(H,19,20)(H,21,22);8-9,12H,3-7H2,1-2H3/t13-,14-;12-/m10/s1. The van der Waals surface area contributed by atoms with Gasteiger partial charge < -0.3 is 29.2 Å². The predicted molar refractivity (Wildman–Crippen MR) is 153 cm³/mol. The number of benzene rings is 3. The molecule has 1 saturated heterocycles. The lowest BCUT2D eigenvalue weighted by molar-refractivity contribution is -0.166. The first-order chi connectivity index (χ1) is 20.7. The Hall–Kier alpha value is -4.90. The number of methoxy groups -OCH3 is 2. The molecule has 11 nitrogen and oxygen atoms in total. The van der Waals surface area contributed by atoms with Crippen LogP contribution in [0.3, 0.4) is 0 Å². The molecule has 226 valence electrons. The van der Waals surface area contributed by atoms with Crippen LogP contribution in [0.15, 0.2) is 72.8 Å². The van der Waals surface area contributed by atoms with Crippen LogP contribution >= 0.6 is 0 Å². The molecule has 0 aliphatic carbocycles. The molecule has 0 aromatic heterocycles. The number of ether oxygens (including phenoxy) is 4. The van der Waals surface area contributed by atoms with E-state index in [-0.39, 0.29) is 11.1 Å². The Labute approximate surface area is 248 Å². The molecular weight excluding hydrogens is 558 g/mol. The molecule has 0 radical (unpaired) electrons. The van der Waals surface area contributed by atoms with E-state index in [2.05, 4.69) is 17.0 Å². The second-order valence-electron chi connectivity index (χ2n) is 9.91. The first kappa shape index (κ1) is 31.0. The number of hydrogen-bond acceptors (Lipinski definition) is 9. The zero-order valence-corrected chi connectivity index (χ0v) is 23.8. The third-order valence-electron chi connectivity index (χ3n) is 7.29. The van der Waals surface area contributed by atoms with Crippen molar-refractivity contribution in [3.63, 3.8) is 0 Å². The van der Waals surface area contributed by atoms with E-state index < -0.39 is 36.1 Å². The normalized spacial score (nSPS) is 16.7. The molecule has 2 heterocycles. The summed E-state index contributed by atoms with van der Waals surface area (Å²) in [7, 11) is 3.41. The van der Waals surface area contributed by atoms with E-state index in [9.17, 15) is 29.4 Å². The smallest absolute Gasteiger partial charge is 0.349 e. The SMILES string of the molecule is COc1cc2c(cc1OC)[C@@H]1CCCN1CC2.O=C(O[C@@H](C(=O)O)[C@@H](OC(=O)c1ccccc1)C(=O)O)c1ccccc1. The van der Waals surface area contributed by atoms with E-state index in [1.807, 2.05) is 0 Å². The lowest BCUT2D eigenvalue weighted by Gasteiger charge is -2.32. The second kappa shape index (κ2) is 14.3. The molecule has 2 aliphatic rings. The molecule has 11 heteroatoms. The largest absolute Gasteiger partial charge is 0.493 e. The number of nitrogens with zero attached hydrogens (tertiary/aromatic N) is 1. The first-order valence-electron chi connectivity index (χ1n) is 13.7. The van der Waals surface area contributed by atoms with Crippen molar-refractivity contribution in [3.8, 4) is 11.5 Å². The van der Waals surface area contributed by atoms with Gasteiger partial charge in [0.05, 0.1) is 25.3 Å². The number of fused-ring (bicyclic) bond motifs is 3. The Kier molecular flexibility index (Phi) is 10.3. The van der Waals surface area contributed by atoms with Gasteiger partial charge in [-0.3, -0.25) is 4.90 Å². The van der Waals surface area contributed by atoms with Crippen molar-refractivity contribution in [2.24, 2.45) is 0 Å². The first-order valence-corrected chi connectivity index (χ1v) is 13.7. The van der Waals surface area contributed by atoms with Crippen molar-refractivity contribution >= 4 is 23.9 Å². The molecule has 0 spiro atoms. The summed E-state index contributed by atoms with van der Waals surface area (Å²) >= 11 is 0. The lowest BCUT2D eigenvalue weighted by Crippen LogP contribution is -2.45. The number of carbonyl (C=O) groups is 4. The van der Waals surface area contributed by atoms with Crippen LogP contribution in [-0.4, -0.2) is 78.5 Å². The van der Waals surface area contributed by atoms with Crippen molar-refractivity contribution in [2.45, 2.75) is 37.5 Å². The number of carboxylic acid groups (broad SMARTS) is 2. The van der Waals surface area contributed by atoms with Gasteiger partial charge in [-0.1, -0.05) is 36.4 Å². The predicted octanol–water partition coefficient (Wildman–Crippen LogP) is 4.00. The van der Waals surface area contributed by atoms with Gasteiger partial charge in [-0.15, -0.1) is 0 Å². The topological polar surface area (TPSA) is 149 Å². The lowest BCUT2D eigenvalue weighted by atomic mass is 9.92. The molecule has 5 rings (SSSR count). The van der Waals surface area contributed by atoms with E-state index in [0.29, 0.717) is 6.04 Å². The van der Waals surface area contributed by atoms with E-state index in [1.165, 1.54) is 85.6 Å². The molecule has 2 aliphatic heterocycles. The van der Waals surface area contributed by atoms with Gasteiger partial charge in [-0.25, -0.2) is 19.2 Å². The number of rotatable bonds is 9. The van der Waals surface area contributed by atoms with Gasteiger partial charge in [-0.2, -0.15) is 0 Å². The van der Waals surface area contributed by atoms with E-state index in [0.717, 1.165) is 17.9 Å². The average molecular weight is 592 g/mol. The van der Waals surface area contributed by atoms with Crippen molar-refractivity contribution < 1.29 is 48.3 Å². The van der Waals surface area contributed by atoms with Gasteiger partial charge in [0.2, 0.25) is 12.2 Å². The van der Waals surface area contributed by atoms with Crippen LogP contribution in [0.1, 0.15) is 50.7 Å². The van der Waals surface area contributed by atoms with Crippen LogP contribution in [0, 0.1) is 0 Å². The minimum Gasteiger partial charge on any atom is -0.493 e. The number of esters is 2. The summed E-state index contributed by atoms with van der Waals surface area (Å²) in [5.41, 5.74) is 2.94. The molecule has 0 saturated carbocycles. The Bertz CT molecular complexity index is 1370. The Morgan fingerprint density at radius 3 is 1.70 bits per heavy atom.